The highest BCUT2D eigenvalue weighted by molar-refractivity contribution is 7.09. The van der Waals surface area contributed by atoms with E-state index < -0.39 is 5.97 Å². The minimum absolute atomic E-state index is 0.820. The fraction of sp³-hybridized carbons (Fsp3) is 0.250. The van der Waals surface area contributed by atoms with Crippen molar-refractivity contribution in [3.05, 3.63) is 51.5 Å². The molecule has 0 unspecified atom stereocenters. The molecule has 0 bridgehead atoms. The summed E-state index contributed by atoms with van der Waals surface area (Å²) in [5.41, 5.74) is 6.02. The lowest BCUT2D eigenvalue weighted by Crippen LogP contribution is -2.16. The molecule has 0 amide bonds. The van der Waals surface area contributed by atoms with Gasteiger partial charge in [-0.25, -0.2) is 9.78 Å². The Morgan fingerprint density at radius 2 is 2.19 bits per heavy atom. The Kier molecular flexibility index (Phi) is 4.75. The molecule has 0 radical (unpaired) electrons. The van der Waals surface area contributed by atoms with Crippen molar-refractivity contribution in [1.29, 1.82) is 0 Å². The van der Waals surface area contributed by atoms with E-state index in [9.17, 15) is 4.79 Å². The summed E-state index contributed by atoms with van der Waals surface area (Å²) in [4.78, 5) is 18.3. The highest BCUT2D eigenvalue weighted by Gasteiger charge is 2.07. The zero-order valence-corrected chi connectivity index (χ0v) is 13.1. The molecule has 1 N–H and O–H groups in total. The molecule has 1 heterocycles. The van der Waals surface area contributed by atoms with Crippen LogP contribution in [0.3, 0.4) is 0 Å². The van der Waals surface area contributed by atoms with Gasteiger partial charge in [0.15, 0.2) is 0 Å². The number of carboxylic acid groups (broad SMARTS) is 1. The second kappa shape index (κ2) is 6.54. The Hall–Kier alpha value is -2.14. The Morgan fingerprint density at radius 3 is 2.76 bits per heavy atom. The van der Waals surface area contributed by atoms with Gasteiger partial charge >= 0.3 is 5.97 Å². The van der Waals surface area contributed by atoms with Gasteiger partial charge in [0.2, 0.25) is 0 Å². The third kappa shape index (κ3) is 3.92. The van der Waals surface area contributed by atoms with Crippen LogP contribution < -0.4 is 4.90 Å². The molecule has 110 valence electrons. The fourth-order valence-electron chi connectivity index (χ4n) is 2.03. The summed E-state index contributed by atoms with van der Waals surface area (Å²) in [5, 5.41) is 8.68. The molecule has 0 aliphatic carbocycles. The molecule has 0 aliphatic heterocycles. The topological polar surface area (TPSA) is 53.4 Å². The summed E-state index contributed by atoms with van der Waals surface area (Å²) < 4.78 is 0. The van der Waals surface area contributed by atoms with E-state index in [-0.39, 0.29) is 0 Å². The average molecular weight is 302 g/mol. The fourth-order valence-corrected chi connectivity index (χ4v) is 2.86. The lowest BCUT2D eigenvalue weighted by molar-refractivity contribution is -0.131. The van der Waals surface area contributed by atoms with Crippen LogP contribution in [-0.4, -0.2) is 23.1 Å². The maximum absolute atomic E-state index is 10.6. The molecule has 4 nitrogen and oxygen atoms in total. The summed E-state index contributed by atoms with van der Waals surface area (Å²) in [6, 6.07) is 6.02. The highest BCUT2D eigenvalue weighted by atomic mass is 32.1. The molecular weight excluding hydrogens is 284 g/mol. The second-order valence-electron chi connectivity index (χ2n) is 4.93. The number of anilines is 1. The van der Waals surface area contributed by atoms with Gasteiger partial charge < -0.3 is 10.0 Å². The molecule has 5 heteroatoms. The van der Waals surface area contributed by atoms with Crippen molar-refractivity contribution < 1.29 is 9.90 Å². The molecule has 0 saturated carbocycles. The maximum Gasteiger partial charge on any atom is 0.328 e. The third-order valence-corrected chi connectivity index (χ3v) is 4.25. The molecule has 0 saturated heterocycles. The standard InChI is InChI=1S/C16H18N2O2S/c1-11-8-14(6-4-13(11)5-7-16(19)20)18(3)9-15-12(2)17-10-21-15/h4-8,10H,9H2,1-3H3,(H,19,20). The Bertz CT molecular complexity index is 677. The summed E-state index contributed by atoms with van der Waals surface area (Å²) in [6.07, 6.45) is 2.78. The Morgan fingerprint density at radius 1 is 1.43 bits per heavy atom. The summed E-state index contributed by atoms with van der Waals surface area (Å²) in [5.74, 6) is -0.934. The zero-order valence-electron chi connectivity index (χ0n) is 12.3. The van der Waals surface area contributed by atoms with Crippen LogP contribution in [0.15, 0.2) is 29.8 Å². The quantitative estimate of drug-likeness (QED) is 0.859. The SMILES string of the molecule is Cc1cc(N(C)Cc2scnc2C)ccc1C=CC(=O)O. The van der Waals surface area contributed by atoms with Crippen LogP contribution in [0.2, 0.25) is 0 Å². The molecule has 0 atom stereocenters. The lowest BCUT2D eigenvalue weighted by Gasteiger charge is -2.20. The van der Waals surface area contributed by atoms with Crippen LogP contribution in [0.5, 0.6) is 0 Å². The van der Waals surface area contributed by atoms with Gasteiger partial charge in [-0.1, -0.05) is 6.07 Å². The number of hydrogen-bond acceptors (Lipinski definition) is 4. The number of carboxylic acids is 1. The first-order valence-electron chi connectivity index (χ1n) is 6.59. The monoisotopic (exact) mass is 302 g/mol. The van der Waals surface area contributed by atoms with Crippen molar-refractivity contribution in [1.82, 2.24) is 4.98 Å². The van der Waals surface area contributed by atoms with Crippen LogP contribution >= 0.6 is 11.3 Å². The largest absolute Gasteiger partial charge is 0.478 e. The van der Waals surface area contributed by atoms with Gasteiger partial charge in [0.1, 0.15) is 0 Å². The van der Waals surface area contributed by atoms with Crippen LogP contribution in [0.1, 0.15) is 21.7 Å². The van der Waals surface area contributed by atoms with Gasteiger partial charge in [0.05, 0.1) is 17.7 Å². The predicted molar refractivity (Wildman–Crippen MR) is 86.8 cm³/mol. The molecule has 21 heavy (non-hydrogen) atoms. The molecule has 0 aliphatic rings. The van der Waals surface area contributed by atoms with Gasteiger partial charge in [0, 0.05) is 23.7 Å². The minimum Gasteiger partial charge on any atom is -0.478 e. The van der Waals surface area contributed by atoms with Gasteiger partial charge in [-0.3, -0.25) is 0 Å². The van der Waals surface area contributed by atoms with E-state index in [1.54, 1.807) is 17.4 Å². The summed E-state index contributed by atoms with van der Waals surface area (Å²) in [6.45, 7) is 4.82. The van der Waals surface area contributed by atoms with E-state index in [1.165, 1.54) is 4.88 Å². The Balaban J connectivity index is 2.15. The molecular formula is C16H18N2O2S. The second-order valence-corrected chi connectivity index (χ2v) is 5.87. The van der Waals surface area contributed by atoms with Crippen molar-refractivity contribution in [2.75, 3.05) is 11.9 Å². The first kappa shape index (κ1) is 15.3. The maximum atomic E-state index is 10.6. The highest BCUT2D eigenvalue weighted by Crippen LogP contribution is 2.22. The minimum atomic E-state index is -0.934. The zero-order chi connectivity index (χ0) is 15.4. The summed E-state index contributed by atoms with van der Waals surface area (Å²) in [7, 11) is 2.04. The average Bonchev–Trinajstić information content (AvgIpc) is 2.82. The van der Waals surface area contributed by atoms with Crippen LogP contribution in [0.4, 0.5) is 5.69 Å². The number of nitrogens with zero attached hydrogens (tertiary/aromatic N) is 2. The third-order valence-electron chi connectivity index (χ3n) is 3.33. The molecule has 0 spiro atoms. The van der Waals surface area contributed by atoms with Crippen LogP contribution in [-0.2, 0) is 11.3 Å². The van der Waals surface area contributed by atoms with E-state index >= 15 is 0 Å². The number of rotatable bonds is 5. The number of aromatic nitrogens is 1. The predicted octanol–water partition coefficient (Wildman–Crippen LogP) is 3.49. The van der Waals surface area contributed by atoms with E-state index in [1.807, 2.05) is 38.5 Å². The smallest absolute Gasteiger partial charge is 0.328 e. The van der Waals surface area contributed by atoms with E-state index in [0.29, 0.717) is 0 Å². The number of aliphatic carboxylic acids is 1. The number of thiazole rings is 1. The summed E-state index contributed by atoms with van der Waals surface area (Å²) >= 11 is 1.66. The van der Waals surface area contributed by atoms with Crippen LogP contribution in [0.25, 0.3) is 6.08 Å². The van der Waals surface area contributed by atoms with Crippen molar-refractivity contribution in [2.24, 2.45) is 0 Å². The van der Waals surface area contributed by atoms with Crippen molar-refractivity contribution in [2.45, 2.75) is 20.4 Å². The van der Waals surface area contributed by atoms with Gasteiger partial charge in [-0.15, -0.1) is 11.3 Å². The number of carbonyl (C=O) groups is 1. The van der Waals surface area contributed by atoms with E-state index in [2.05, 4.69) is 16.0 Å². The number of aryl methyl sites for hydroxylation is 2. The van der Waals surface area contributed by atoms with Crippen LogP contribution in [0, 0.1) is 13.8 Å². The Labute approximate surface area is 128 Å². The normalized spacial score (nSPS) is 11.0. The lowest BCUT2D eigenvalue weighted by atomic mass is 10.1. The van der Waals surface area contributed by atoms with Crippen molar-refractivity contribution in [3.63, 3.8) is 0 Å². The van der Waals surface area contributed by atoms with Gasteiger partial charge in [-0.05, 0) is 43.2 Å². The van der Waals surface area contributed by atoms with E-state index in [0.717, 1.165) is 35.1 Å². The van der Waals surface area contributed by atoms with Crippen molar-refractivity contribution >= 4 is 29.1 Å². The van der Waals surface area contributed by atoms with Crippen molar-refractivity contribution in [3.8, 4) is 0 Å². The molecule has 2 aromatic rings. The van der Waals surface area contributed by atoms with Gasteiger partial charge in [-0.2, -0.15) is 0 Å². The number of hydrogen-bond donors (Lipinski definition) is 1. The first-order valence-corrected chi connectivity index (χ1v) is 7.47. The first-order chi connectivity index (χ1) is 9.97. The molecule has 0 fully saturated rings. The number of benzene rings is 1. The van der Waals surface area contributed by atoms with Gasteiger partial charge in [0.25, 0.3) is 0 Å². The molecule has 1 aromatic heterocycles. The molecule has 1 aromatic carbocycles. The van der Waals surface area contributed by atoms with E-state index in [4.69, 9.17) is 5.11 Å². The molecule has 2 rings (SSSR count).